The van der Waals surface area contributed by atoms with Crippen LogP contribution in [-0.2, 0) is 0 Å². The zero-order chi connectivity index (χ0) is 12.8. The molecule has 0 saturated carbocycles. The van der Waals surface area contributed by atoms with Crippen LogP contribution in [0.2, 0.25) is 0 Å². The van der Waals surface area contributed by atoms with Crippen LogP contribution in [0.25, 0.3) is 0 Å². The smallest absolute Gasteiger partial charge is 0.275 e. The standard InChI is InChI=1S/C11H15FN2O3/c1-3-13-4-5-17-11-6-8(2)10(14(15)16)7-9(11)12/h6-7,13H,3-5H2,1-2H3. The number of hydrogen-bond acceptors (Lipinski definition) is 4. The third-order valence-corrected chi connectivity index (χ3v) is 2.23. The van der Waals surface area contributed by atoms with Crippen LogP contribution >= 0.6 is 0 Å². The van der Waals surface area contributed by atoms with Crippen molar-refractivity contribution in [1.82, 2.24) is 5.32 Å². The Morgan fingerprint density at radius 1 is 1.53 bits per heavy atom. The molecule has 1 N–H and O–H groups in total. The molecule has 0 unspecified atom stereocenters. The Balaban J connectivity index is 2.74. The molecule has 0 amide bonds. The van der Waals surface area contributed by atoms with E-state index < -0.39 is 10.7 Å². The van der Waals surface area contributed by atoms with Crippen molar-refractivity contribution in [1.29, 1.82) is 0 Å². The van der Waals surface area contributed by atoms with E-state index in [2.05, 4.69) is 5.32 Å². The van der Waals surface area contributed by atoms with Crippen molar-refractivity contribution in [2.24, 2.45) is 0 Å². The van der Waals surface area contributed by atoms with Crippen molar-refractivity contribution in [3.05, 3.63) is 33.6 Å². The molecule has 0 saturated heterocycles. The highest BCUT2D eigenvalue weighted by atomic mass is 19.1. The lowest BCUT2D eigenvalue weighted by Gasteiger charge is -2.08. The zero-order valence-corrected chi connectivity index (χ0v) is 9.83. The van der Waals surface area contributed by atoms with Crippen molar-refractivity contribution in [2.45, 2.75) is 13.8 Å². The van der Waals surface area contributed by atoms with E-state index in [0.29, 0.717) is 18.7 Å². The Kier molecular flexibility index (Phi) is 4.84. The molecular weight excluding hydrogens is 227 g/mol. The van der Waals surface area contributed by atoms with Gasteiger partial charge in [-0.05, 0) is 19.5 Å². The molecule has 0 aliphatic carbocycles. The lowest BCUT2D eigenvalue weighted by Crippen LogP contribution is -2.20. The molecule has 1 aromatic rings. The molecule has 1 rings (SSSR count). The highest BCUT2D eigenvalue weighted by molar-refractivity contribution is 5.45. The lowest BCUT2D eigenvalue weighted by atomic mass is 10.2. The molecule has 0 fully saturated rings. The number of nitro benzene ring substituents is 1. The van der Waals surface area contributed by atoms with Crippen LogP contribution in [0.1, 0.15) is 12.5 Å². The summed E-state index contributed by atoms with van der Waals surface area (Å²) < 4.78 is 18.6. The fourth-order valence-corrected chi connectivity index (χ4v) is 1.36. The molecule has 0 atom stereocenters. The monoisotopic (exact) mass is 242 g/mol. The molecule has 0 aliphatic rings. The maximum Gasteiger partial charge on any atom is 0.275 e. The number of nitrogens with zero attached hydrogens (tertiary/aromatic N) is 1. The lowest BCUT2D eigenvalue weighted by molar-refractivity contribution is -0.385. The van der Waals surface area contributed by atoms with Crippen LogP contribution in [0.3, 0.4) is 0 Å². The summed E-state index contributed by atoms with van der Waals surface area (Å²) in [7, 11) is 0. The Morgan fingerprint density at radius 2 is 2.24 bits per heavy atom. The number of hydrogen-bond donors (Lipinski definition) is 1. The number of benzene rings is 1. The third-order valence-electron chi connectivity index (χ3n) is 2.23. The molecule has 0 radical (unpaired) electrons. The van der Waals surface area contributed by atoms with E-state index >= 15 is 0 Å². The summed E-state index contributed by atoms with van der Waals surface area (Å²) in [5.74, 6) is -0.662. The van der Waals surface area contributed by atoms with E-state index in [-0.39, 0.29) is 11.4 Å². The maximum absolute atomic E-state index is 13.4. The predicted molar refractivity (Wildman–Crippen MR) is 61.8 cm³/mol. The first-order valence-electron chi connectivity index (χ1n) is 5.34. The van der Waals surface area contributed by atoms with Gasteiger partial charge in [0.2, 0.25) is 0 Å². The fraction of sp³-hybridized carbons (Fsp3) is 0.455. The van der Waals surface area contributed by atoms with Crippen LogP contribution in [-0.4, -0.2) is 24.6 Å². The second kappa shape index (κ2) is 6.15. The molecule has 94 valence electrons. The van der Waals surface area contributed by atoms with E-state index in [4.69, 9.17) is 4.74 Å². The Labute approximate surface area is 98.7 Å². The van der Waals surface area contributed by atoms with Gasteiger partial charge in [-0.25, -0.2) is 4.39 Å². The normalized spacial score (nSPS) is 10.3. The highest BCUT2D eigenvalue weighted by Gasteiger charge is 2.15. The first-order valence-corrected chi connectivity index (χ1v) is 5.34. The van der Waals surface area contributed by atoms with Gasteiger partial charge in [-0.1, -0.05) is 6.92 Å². The van der Waals surface area contributed by atoms with Gasteiger partial charge in [0.05, 0.1) is 11.0 Å². The number of nitrogens with one attached hydrogen (secondary N) is 1. The minimum Gasteiger partial charge on any atom is -0.489 e. The largest absolute Gasteiger partial charge is 0.489 e. The molecule has 0 bridgehead atoms. The minimum atomic E-state index is -0.709. The van der Waals surface area contributed by atoms with Gasteiger partial charge in [-0.3, -0.25) is 10.1 Å². The number of nitro groups is 1. The SMILES string of the molecule is CCNCCOc1cc(C)c([N+](=O)[O-])cc1F. The molecule has 17 heavy (non-hydrogen) atoms. The zero-order valence-electron chi connectivity index (χ0n) is 9.83. The molecule has 0 aromatic heterocycles. The second-order valence-corrected chi connectivity index (χ2v) is 3.53. The van der Waals surface area contributed by atoms with Gasteiger partial charge < -0.3 is 10.1 Å². The summed E-state index contributed by atoms with van der Waals surface area (Å²) in [6.45, 7) is 5.24. The molecule has 0 aliphatic heterocycles. The quantitative estimate of drug-likeness (QED) is 0.471. The number of rotatable bonds is 6. The summed E-state index contributed by atoms with van der Waals surface area (Å²) in [4.78, 5) is 9.96. The van der Waals surface area contributed by atoms with Gasteiger partial charge in [0.25, 0.3) is 5.69 Å². The van der Waals surface area contributed by atoms with Gasteiger partial charge in [-0.15, -0.1) is 0 Å². The van der Waals surface area contributed by atoms with Gasteiger partial charge >= 0.3 is 0 Å². The van der Waals surface area contributed by atoms with Crippen molar-refractivity contribution < 1.29 is 14.1 Å². The first-order chi connectivity index (χ1) is 8.06. The average molecular weight is 242 g/mol. The molecule has 0 spiro atoms. The van der Waals surface area contributed by atoms with Gasteiger partial charge in [0, 0.05) is 12.1 Å². The van der Waals surface area contributed by atoms with Crippen molar-refractivity contribution in [2.75, 3.05) is 19.7 Å². The number of ether oxygens (including phenoxy) is 1. The summed E-state index contributed by atoms with van der Waals surface area (Å²) in [5.41, 5.74) is 0.149. The van der Waals surface area contributed by atoms with Crippen molar-refractivity contribution >= 4 is 5.69 Å². The fourth-order valence-electron chi connectivity index (χ4n) is 1.36. The van der Waals surface area contributed by atoms with Gasteiger partial charge in [0.1, 0.15) is 6.61 Å². The van der Waals surface area contributed by atoms with Crippen LogP contribution in [0.4, 0.5) is 10.1 Å². The van der Waals surface area contributed by atoms with Crippen molar-refractivity contribution in [3.8, 4) is 5.75 Å². The average Bonchev–Trinajstić information content (AvgIpc) is 2.28. The van der Waals surface area contributed by atoms with E-state index in [9.17, 15) is 14.5 Å². The van der Waals surface area contributed by atoms with E-state index in [0.717, 1.165) is 12.6 Å². The number of halogens is 1. The van der Waals surface area contributed by atoms with E-state index in [1.54, 1.807) is 6.92 Å². The predicted octanol–water partition coefficient (Wildman–Crippen LogP) is 2.03. The topological polar surface area (TPSA) is 64.4 Å². The van der Waals surface area contributed by atoms with E-state index in [1.165, 1.54) is 6.07 Å². The summed E-state index contributed by atoms with van der Waals surface area (Å²) in [6.07, 6.45) is 0. The molecular formula is C11H15FN2O3. The highest BCUT2D eigenvalue weighted by Crippen LogP contribution is 2.26. The molecule has 0 heterocycles. The first kappa shape index (κ1) is 13.4. The van der Waals surface area contributed by atoms with Crippen molar-refractivity contribution in [3.63, 3.8) is 0 Å². The summed E-state index contributed by atoms with van der Waals surface area (Å²) >= 11 is 0. The Bertz CT molecular complexity index is 410. The maximum atomic E-state index is 13.4. The van der Waals surface area contributed by atoms with Crippen LogP contribution in [0, 0.1) is 22.9 Å². The third kappa shape index (κ3) is 3.67. The van der Waals surface area contributed by atoms with Crippen LogP contribution in [0.5, 0.6) is 5.75 Å². The van der Waals surface area contributed by atoms with Gasteiger partial charge in [0.15, 0.2) is 11.6 Å². The molecule has 5 nitrogen and oxygen atoms in total. The molecule has 6 heteroatoms. The van der Waals surface area contributed by atoms with E-state index in [1.807, 2.05) is 6.92 Å². The van der Waals surface area contributed by atoms with Crippen LogP contribution in [0.15, 0.2) is 12.1 Å². The van der Waals surface area contributed by atoms with Gasteiger partial charge in [-0.2, -0.15) is 0 Å². The Morgan fingerprint density at radius 3 is 2.82 bits per heavy atom. The second-order valence-electron chi connectivity index (χ2n) is 3.53. The molecule has 1 aromatic carbocycles. The van der Waals surface area contributed by atoms with Crippen LogP contribution < -0.4 is 10.1 Å². The number of likely N-dealkylation sites (N-methyl/N-ethyl adjacent to an activating group) is 1. The minimum absolute atomic E-state index is 0.0472. The summed E-state index contributed by atoms with van der Waals surface area (Å²) in [6, 6.07) is 2.23. The Hall–Kier alpha value is -1.69. The number of aryl methyl sites for hydroxylation is 1. The summed E-state index contributed by atoms with van der Waals surface area (Å²) in [5, 5.41) is 13.6.